The molecule has 1 rings (SSSR count). The van der Waals surface area contributed by atoms with Gasteiger partial charge in [-0.1, -0.05) is 12.1 Å². The Morgan fingerprint density at radius 1 is 1.19 bits per heavy atom. The molecule has 0 aliphatic rings. The van der Waals surface area contributed by atoms with Crippen LogP contribution in [0.1, 0.15) is 25.8 Å². The Morgan fingerprint density at radius 2 is 1.96 bits per heavy atom. The lowest BCUT2D eigenvalue weighted by molar-refractivity contribution is -0.153. The van der Waals surface area contributed by atoms with Gasteiger partial charge in [0.2, 0.25) is 0 Å². The Bertz CT molecular complexity index is 528. The van der Waals surface area contributed by atoms with Crippen LogP contribution < -0.4 is 15.4 Å². The Morgan fingerprint density at radius 3 is 2.62 bits per heavy atom. The van der Waals surface area contributed by atoms with E-state index in [9.17, 15) is 13.2 Å². The van der Waals surface area contributed by atoms with Crippen LogP contribution in [0, 0.1) is 0 Å². The largest absolute Gasteiger partial charge is 0.484 e. The lowest BCUT2D eigenvalue weighted by atomic mass is 10.2. The summed E-state index contributed by atoms with van der Waals surface area (Å²) < 4.78 is 46.6. The molecule has 150 valence electrons. The number of guanidine groups is 1. The molecule has 0 saturated carbocycles. The molecule has 0 bridgehead atoms. The number of nitrogens with zero attached hydrogens (tertiary/aromatic N) is 1. The summed E-state index contributed by atoms with van der Waals surface area (Å²) in [5.74, 6) is 0.834. The van der Waals surface area contributed by atoms with Gasteiger partial charge in [-0.3, -0.25) is 0 Å². The highest BCUT2D eigenvalue weighted by atomic mass is 127. The maximum atomic E-state index is 12.2. The molecular weight excluding hydrogens is 462 g/mol. The zero-order valence-electron chi connectivity index (χ0n) is 15.1. The molecule has 0 atom stereocenters. The summed E-state index contributed by atoms with van der Waals surface area (Å²) in [6.45, 7) is 5.76. The first-order valence-electron chi connectivity index (χ1n) is 8.33. The zero-order chi connectivity index (χ0) is 18.5. The molecule has 0 aliphatic heterocycles. The van der Waals surface area contributed by atoms with Crippen molar-refractivity contribution in [3.8, 4) is 5.75 Å². The van der Waals surface area contributed by atoms with E-state index in [0.29, 0.717) is 32.3 Å². The molecule has 0 spiro atoms. The van der Waals surface area contributed by atoms with Crippen LogP contribution >= 0.6 is 24.0 Å². The third kappa shape index (κ3) is 12.2. The first kappa shape index (κ1) is 24.8. The number of alkyl halides is 3. The maximum absolute atomic E-state index is 12.2. The molecule has 0 saturated heterocycles. The summed E-state index contributed by atoms with van der Waals surface area (Å²) in [6.07, 6.45) is -3.49. The SMILES string of the molecule is CCNC(=NCc1cccc(OCC(F)(F)F)c1)NCCCOCC.I. The molecule has 0 radical (unpaired) electrons. The molecule has 5 nitrogen and oxygen atoms in total. The first-order valence-corrected chi connectivity index (χ1v) is 8.33. The molecule has 0 fully saturated rings. The number of halogens is 4. The number of benzene rings is 1. The van der Waals surface area contributed by atoms with Crippen molar-refractivity contribution >= 4 is 29.9 Å². The second-order valence-corrected chi connectivity index (χ2v) is 5.22. The number of hydrogen-bond donors (Lipinski definition) is 2. The van der Waals surface area contributed by atoms with Crippen LogP contribution in [-0.4, -0.2) is 45.0 Å². The van der Waals surface area contributed by atoms with Gasteiger partial charge in [0, 0.05) is 26.3 Å². The van der Waals surface area contributed by atoms with E-state index in [0.717, 1.165) is 18.5 Å². The van der Waals surface area contributed by atoms with Crippen LogP contribution in [-0.2, 0) is 11.3 Å². The smallest absolute Gasteiger partial charge is 0.422 e. The van der Waals surface area contributed by atoms with Gasteiger partial charge in [-0.25, -0.2) is 4.99 Å². The van der Waals surface area contributed by atoms with Crippen molar-refractivity contribution < 1.29 is 22.6 Å². The maximum Gasteiger partial charge on any atom is 0.422 e. The van der Waals surface area contributed by atoms with Gasteiger partial charge in [0.05, 0.1) is 6.54 Å². The van der Waals surface area contributed by atoms with Crippen molar-refractivity contribution in [1.82, 2.24) is 10.6 Å². The van der Waals surface area contributed by atoms with Gasteiger partial charge in [0.15, 0.2) is 12.6 Å². The molecule has 1 aromatic rings. The van der Waals surface area contributed by atoms with E-state index in [4.69, 9.17) is 9.47 Å². The van der Waals surface area contributed by atoms with E-state index in [1.165, 1.54) is 6.07 Å². The summed E-state index contributed by atoms with van der Waals surface area (Å²) in [7, 11) is 0. The van der Waals surface area contributed by atoms with E-state index >= 15 is 0 Å². The molecule has 0 unspecified atom stereocenters. The number of aliphatic imine (C=N–C) groups is 1. The molecule has 1 aromatic carbocycles. The molecule has 0 amide bonds. The van der Waals surface area contributed by atoms with Gasteiger partial charge < -0.3 is 20.1 Å². The molecule has 9 heteroatoms. The topological polar surface area (TPSA) is 54.9 Å². The fourth-order valence-corrected chi connectivity index (χ4v) is 1.94. The van der Waals surface area contributed by atoms with Gasteiger partial charge in [-0.2, -0.15) is 13.2 Å². The van der Waals surface area contributed by atoms with Crippen LogP contribution in [0.2, 0.25) is 0 Å². The van der Waals surface area contributed by atoms with Crippen molar-refractivity contribution in [2.75, 3.05) is 32.9 Å². The number of hydrogen-bond acceptors (Lipinski definition) is 3. The number of rotatable bonds is 10. The normalized spacial score (nSPS) is 11.7. The second-order valence-electron chi connectivity index (χ2n) is 5.22. The van der Waals surface area contributed by atoms with E-state index < -0.39 is 12.8 Å². The minimum atomic E-state index is -4.35. The highest BCUT2D eigenvalue weighted by Gasteiger charge is 2.28. The van der Waals surface area contributed by atoms with Crippen molar-refractivity contribution in [2.45, 2.75) is 33.0 Å². The molecule has 0 aromatic heterocycles. The highest BCUT2D eigenvalue weighted by Crippen LogP contribution is 2.19. The summed E-state index contributed by atoms with van der Waals surface area (Å²) in [4.78, 5) is 4.43. The van der Waals surface area contributed by atoms with Crippen molar-refractivity contribution in [2.24, 2.45) is 4.99 Å². The molecule has 26 heavy (non-hydrogen) atoms. The average Bonchev–Trinajstić information content (AvgIpc) is 2.57. The van der Waals surface area contributed by atoms with Crippen LogP contribution in [0.3, 0.4) is 0 Å². The standard InChI is InChI=1S/C17H26F3N3O2.HI/c1-3-21-16(22-9-6-10-24-4-2)23-12-14-7-5-8-15(11-14)25-13-17(18,19)20;/h5,7-8,11H,3-4,6,9-10,12-13H2,1-2H3,(H2,21,22,23);1H. The highest BCUT2D eigenvalue weighted by molar-refractivity contribution is 14.0. The van der Waals surface area contributed by atoms with Gasteiger partial charge in [0.1, 0.15) is 5.75 Å². The van der Waals surface area contributed by atoms with E-state index in [1.807, 2.05) is 13.8 Å². The quantitative estimate of drug-likeness (QED) is 0.228. The van der Waals surface area contributed by atoms with Crippen LogP contribution in [0.4, 0.5) is 13.2 Å². The lowest BCUT2D eigenvalue weighted by Crippen LogP contribution is -2.38. The van der Waals surface area contributed by atoms with Crippen molar-refractivity contribution in [3.63, 3.8) is 0 Å². The third-order valence-electron chi connectivity index (χ3n) is 3.03. The van der Waals surface area contributed by atoms with E-state index in [1.54, 1.807) is 18.2 Å². The Balaban J connectivity index is 0.00000625. The third-order valence-corrected chi connectivity index (χ3v) is 3.03. The zero-order valence-corrected chi connectivity index (χ0v) is 17.4. The van der Waals surface area contributed by atoms with Gasteiger partial charge >= 0.3 is 6.18 Å². The summed E-state index contributed by atoms with van der Waals surface area (Å²) in [5, 5.41) is 6.31. The Labute approximate surface area is 169 Å². The first-order chi connectivity index (χ1) is 11.9. The van der Waals surface area contributed by atoms with Gasteiger partial charge in [-0.15, -0.1) is 24.0 Å². The molecule has 2 N–H and O–H groups in total. The number of ether oxygens (including phenoxy) is 2. The molecular formula is C17H27F3IN3O2. The van der Waals surface area contributed by atoms with Crippen LogP contribution in [0.25, 0.3) is 0 Å². The minimum absolute atomic E-state index is 0. The summed E-state index contributed by atoms with van der Waals surface area (Å²) in [6, 6.07) is 6.51. The summed E-state index contributed by atoms with van der Waals surface area (Å²) >= 11 is 0. The molecule has 0 heterocycles. The lowest BCUT2D eigenvalue weighted by Gasteiger charge is -2.12. The predicted octanol–water partition coefficient (Wildman–Crippen LogP) is 3.73. The van der Waals surface area contributed by atoms with Crippen LogP contribution in [0.15, 0.2) is 29.3 Å². The van der Waals surface area contributed by atoms with Crippen molar-refractivity contribution in [3.05, 3.63) is 29.8 Å². The number of nitrogens with one attached hydrogen (secondary N) is 2. The fraction of sp³-hybridized carbons (Fsp3) is 0.588. The van der Waals surface area contributed by atoms with E-state index in [-0.39, 0.29) is 29.7 Å². The summed E-state index contributed by atoms with van der Waals surface area (Å²) in [5.41, 5.74) is 0.770. The van der Waals surface area contributed by atoms with Gasteiger partial charge in [0.25, 0.3) is 0 Å². The van der Waals surface area contributed by atoms with Crippen LogP contribution in [0.5, 0.6) is 5.75 Å². The fourth-order valence-electron chi connectivity index (χ4n) is 1.94. The predicted molar refractivity (Wildman–Crippen MR) is 107 cm³/mol. The van der Waals surface area contributed by atoms with Gasteiger partial charge in [-0.05, 0) is 38.0 Å². The van der Waals surface area contributed by atoms with E-state index in [2.05, 4.69) is 15.6 Å². The Kier molecular flexibility index (Phi) is 13.2. The van der Waals surface area contributed by atoms with Crippen molar-refractivity contribution in [1.29, 1.82) is 0 Å². The Hall–Kier alpha value is -1.23. The average molecular weight is 489 g/mol. The second kappa shape index (κ2) is 13.9. The molecule has 0 aliphatic carbocycles. The minimum Gasteiger partial charge on any atom is -0.484 e. The monoisotopic (exact) mass is 489 g/mol.